The molecular formula is C15H13N7S. The monoisotopic (exact) mass is 323 g/mol. The number of thiazole rings is 1. The standard InChI is InChI=1S/C15H13N7S/c1-10(20-15-21-11-5-2-3-6-12(11)23-15)13-18-9-19-22(13)14-16-7-4-8-17-14/h2-10H,1H3,(H,20,21). The number of benzene rings is 1. The van der Waals surface area contributed by atoms with Crippen molar-refractivity contribution in [2.45, 2.75) is 13.0 Å². The fourth-order valence-corrected chi connectivity index (χ4v) is 3.24. The number of aromatic nitrogens is 6. The second-order valence-corrected chi connectivity index (χ2v) is 5.96. The van der Waals surface area contributed by atoms with Gasteiger partial charge in [-0.1, -0.05) is 23.5 Å². The average molecular weight is 323 g/mol. The zero-order valence-corrected chi connectivity index (χ0v) is 13.1. The van der Waals surface area contributed by atoms with E-state index in [2.05, 4.69) is 36.4 Å². The van der Waals surface area contributed by atoms with Crippen molar-refractivity contribution in [3.8, 4) is 5.95 Å². The third-order valence-corrected chi connectivity index (χ3v) is 4.30. The first-order valence-corrected chi connectivity index (χ1v) is 7.92. The number of anilines is 1. The summed E-state index contributed by atoms with van der Waals surface area (Å²) in [5.74, 6) is 1.23. The second kappa shape index (κ2) is 5.73. The molecule has 0 aliphatic heterocycles. The molecule has 0 spiro atoms. The zero-order valence-electron chi connectivity index (χ0n) is 12.3. The molecule has 8 heteroatoms. The van der Waals surface area contributed by atoms with Gasteiger partial charge in [0, 0.05) is 12.4 Å². The van der Waals surface area contributed by atoms with E-state index in [1.165, 1.54) is 6.33 Å². The van der Waals surface area contributed by atoms with E-state index in [1.54, 1.807) is 34.5 Å². The lowest BCUT2D eigenvalue weighted by molar-refractivity contribution is 0.695. The number of hydrogen-bond acceptors (Lipinski definition) is 7. The van der Waals surface area contributed by atoms with E-state index >= 15 is 0 Å². The van der Waals surface area contributed by atoms with Gasteiger partial charge in [0.2, 0.25) is 0 Å². The van der Waals surface area contributed by atoms with Crippen molar-refractivity contribution in [2.24, 2.45) is 0 Å². The summed E-state index contributed by atoms with van der Waals surface area (Å²) in [7, 11) is 0. The van der Waals surface area contributed by atoms with Crippen LogP contribution in [0.1, 0.15) is 18.8 Å². The molecule has 114 valence electrons. The normalized spacial score (nSPS) is 12.4. The molecule has 0 saturated carbocycles. The van der Waals surface area contributed by atoms with Crippen LogP contribution in [0.2, 0.25) is 0 Å². The van der Waals surface area contributed by atoms with Crippen LogP contribution in [-0.2, 0) is 0 Å². The van der Waals surface area contributed by atoms with Crippen LogP contribution in [0.5, 0.6) is 0 Å². The van der Waals surface area contributed by atoms with Crippen LogP contribution in [0.15, 0.2) is 49.1 Å². The Morgan fingerprint density at radius 1 is 1.09 bits per heavy atom. The number of fused-ring (bicyclic) bond motifs is 1. The number of hydrogen-bond donors (Lipinski definition) is 1. The SMILES string of the molecule is CC(Nc1nc2ccccc2s1)c1ncnn1-c1ncccn1. The summed E-state index contributed by atoms with van der Waals surface area (Å²) in [5.41, 5.74) is 0.986. The molecule has 0 amide bonds. The highest BCUT2D eigenvalue weighted by molar-refractivity contribution is 7.22. The zero-order chi connectivity index (χ0) is 15.6. The Hall–Kier alpha value is -2.87. The van der Waals surface area contributed by atoms with Gasteiger partial charge in [0.1, 0.15) is 6.33 Å². The van der Waals surface area contributed by atoms with Crippen molar-refractivity contribution in [1.29, 1.82) is 0 Å². The quantitative estimate of drug-likeness (QED) is 0.622. The minimum absolute atomic E-state index is 0.0816. The molecule has 7 nitrogen and oxygen atoms in total. The maximum Gasteiger partial charge on any atom is 0.252 e. The van der Waals surface area contributed by atoms with Gasteiger partial charge in [0.25, 0.3) is 5.95 Å². The van der Waals surface area contributed by atoms with Crippen molar-refractivity contribution in [1.82, 2.24) is 29.7 Å². The molecule has 0 saturated heterocycles. The van der Waals surface area contributed by atoms with E-state index in [0.29, 0.717) is 5.95 Å². The smallest absolute Gasteiger partial charge is 0.252 e. The van der Waals surface area contributed by atoms with Crippen molar-refractivity contribution < 1.29 is 0 Å². The Morgan fingerprint density at radius 3 is 2.74 bits per heavy atom. The molecule has 0 fully saturated rings. The molecule has 0 bridgehead atoms. The predicted octanol–water partition coefficient (Wildman–Crippen LogP) is 2.84. The maximum absolute atomic E-state index is 4.58. The van der Waals surface area contributed by atoms with E-state index in [9.17, 15) is 0 Å². The van der Waals surface area contributed by atoms with Crippen LogP contribution in [0.25, 0.3) is 16.2 Å². The van der Waals surface area contributed by atoms with Gasteiger partial charge in [-0.25, -0.2) is 19.9 Å². The van der Waals surface area contributed by atoms with E-state index in [1.807, 2.05) is 25.1 Å². The molecule has 1 aromatic carbocycles. The number of rotatable bonds is 4. The molecular weight excluding hydrogens is 310 g/mol. The van der Waals surface area contributed by atoms with Gasteiger partial charge < -0.3 is 5.32 Å². The van der Waals surface area contributed by atoms with Crippen molar-refractivity contribution >= 4 is 26.7 Å². The van der Waals surface area contributed by atoms with Gasteiger partial charge in [0.15, 0.2) is 11.0 Å². The Labute approximate surface area is 136 Å². The fraction of sp³-hybridized carbons (Fsp3) is 0.133. The van der Waals surface area contributed by atoms with Gasteiger partial charge >= 0.3 is 0 Å². The lowest BCUT2D eigenvalue weighted by atomic mass is 10.3. The lowest BCUT2D eigenvalue weighted by Gasteiger charge is -2.12. The third-order valence-electron chi connectivity index (χ3n) is 3.34. The van der Waals surface area contributed by atoms with Crippen LogP contribution in [0.4, 0.5) is 5.13 Å². The molecule has 1 N–H and O–H groups in total. The largest absolute Gasteiger partial charge is 0.352 e. The van der Waals surface area contributed by atoms with E-state index in [-0.39, 0.29) is 6.04 Å². The predicted molar refractivity (Wildman–Crippen MR) is 88.6 cm³/mol. The summed E-state index contributed by atoms with van der Waals surface area (Å²) >= 11 is 1.61. The molecule has 0 aliphatic rings. The van der Waals surface area contributed by atoms with Gasteiger partial charge in [-0.05, 0) is 25.1 Å². The summed E-state index contributed by atoms with van der Waals surface area (Å²) in [6.07, 6.45) is 4.86. The van der Waals surface area contributed by atoms with Gasteiger partial charge in [-0.15, -0.1) is 0 Å². The summed E-state index contributed by atoms with van der Waals surface area (Å²) < 4.78 is 2.78. The fourth-order valence-electron chi connectivity index (χ4n) is 2.28. The maximum atomic E-state index is 4.58. The van der Waals surface area contributed by atoms with Crippen LogP contribution in [-0.4, -0.2) is 29.7 Å². The van der Waals surface area contributed by atoms with Crippen LogP contribution in [0.3, 0.4) is 0 Å². The molecule has 1 atom stereocenters. The molecule has 3 heterocycles. The first-order chi connectivity index (χ1) is 11.3. The van der Waals surface area contributed by atoms with E-state index < -0.39 is 0 Å². The summed E-state index contributed by atoms with van der Waals surface area (Å²) in [4.78, 5) is 17.3. The van der Waals surface area contributed by atoms with Crippen molar-refractivity contribution in [3.63, 3.8) is 0 Å². The molecule has 1 unspecified atom stereocenters. The Balaban J connectivity index is 1.62. The Morgan fingerprint density at radius 2 is 1.91 bits per heavy atom. The van der Waals surface area contributed by atoms with Gasteiger partial charge in [-0.2, -0.15) is 9.78 Å². The summed E-state index contributed by atoms with van der Waals surface area (Å²) in [6.45, 7) is 2.01. The third kappa shape index (κ3) is 2.64. The highest BCUT2D eigenvalue weighted by Gasteiger charge is 2.17. The summed E-state index contributed by atoms with van der Waals surface area (Å²) in [5, 5.41) is 8.44. The molecule has 0 radical (unpaired) electrons. The summed E-state index contributed by atoms with van der Waals surface area (Å²) in [6, 6.07) is 9.74. The lowest BCUT2D eigenvalue weighted by Crippen LogP contribution is -2.15. The van der Waals surface area contributed by atoms with E-state index in [4.69, 9.17) is 0 Å². The van der Waals surface area contributed by atoms with Crippen LogP contribution in [0, 0.1) is 0 Å². The number of nitrogens with zero attached hydrogens (tertiary/aromatic N) is 6. The minimum Gasteiger partial charge on any atom is -0.352 e. The Bertz CT molecular complexity index is 898. The highest BCUT2D eigenvalue weighted by Crippen LogP contribution is 2.28. The van der Waals surface area contributed by atoms with Gasteiger partial charge in [-0.3, -0.25) is 0 Å². The molecule has 23 heavy (non-hydrogen) atoms. The van der Waals surface area contributed by atoms with Crippen LogP contribution >= 0.6 is 11.3 Å². The molecule has 3 aromatic heterocycles. The first kappa shape index (κ1) is 13.8. The molecule has 0 aliphatic carbocycles. The molecule has 4 aromatic rings. The number of nitrogens with one attached hydrogen (secondary N) is 1. The average Bonchev–Trinajstić information content (AvgIpc) is 3.22. The number of para-hydroxylation sites is 1. The van der Waals surface area contributed by atoms with Crippen molar-refractivity contribution in [2.75, 3.05) is 5.32 Å². The van der Waals surface area contributed by atoms with Crippen molar-refractivity contribution in [3.05, 3.63) is 54.9 Å². The van der Waals surface area contributed by atoms with Crippen LogP contribution < -0.4 is 5.32 Å². The Kier molecular flexibility index (Phi) is 3.43. The van der Waals surface area contributed by atoms with Gasteiger partial charge in [0.05, 0.1) is 16.3 Å². The second-order valence-electron chi connectivity index (χ2n) is 4.93. The first-order valence-electron chi connectivity index (χ1n) is 7.11. The van der Waals surface area contributed by atoms with E-state index in [0.717, 1.165) is 21.2 Å². The molecule has 4 rings (SSSR count). The minimum atomic E-state index is -0.0816. The highest BCUT2D eigenvalue weighted by atomic mass is 32.1. The topological polar surface area (TPSA) is 81.4 Å².